The Balaban J connectivity index is 1.73. The smallest absolute Gasteiger partial charge is 0.304 e. The lowest BCUT2D eigenvalue weighted by Gasteiger charge is -2.09. The molecule has 0 aliphatic rings. The van der Waals surface area contributed by atoms with E-state index in [1.165, 1.54) is 9.08 Å². The van der Waals surface area contributed by atoms with Crippen LogP contribution in [0.3, 0.4) is 0 Å². The van der Waals surface area contributed by atoms with E-state index in [1.54, 1.807) is 12.1 Å². The highest BCUT2D eigenvalue weighted by molar-refractivity contribution is 6.30. The first-order chi connectivity index (χ1) is 15.0. The minimum Gasteiger partial charge on any atom is -0.304 e. The summed E-state index contributed by atoms with van der Waals surface area (Å²) in [6.45, 7) is 0.643. The van der Waals surface area contributed by atoms with E-state index in [0.717, 1.165) is 16.6 Å². The number of aromatic nitrogens is 4. The minimum atomic E-state index is -0.679. The average Bonchev–Trinajstić information content (AvgIpc) is 3.08. The second-order valence-electron chi connectivity index (χ2n) is 7.23. The fourth-order valence-corrected chi connectivity index (χ4v) is 3.93. The van der Waals surface area contributed by atoms with Gasteiger partial charge in [-0.1, -0.05) is 59.6 Å². The van der Waals surface area contributed by atoms with E-state index in [4.69, 9.17) is 23.2 Å². The summed E-state index contributed by atoms with van der Waals surface area (Å²) in [5, 5.41) is 5.83. The number of hydrogen-bond acceptors (Lipinski definition) is 3. The molecule has 0 saturated heterocycles. The summed E-state index contributed by atoms with van der Waals surface area (Å²) in [5.41, 5.74) is 1.96. The molecule has 31 heavy (non-hydrogen) atoms. The highest BCUT2D eigenvalue weighted by atomic mass is 35.5. The first kappa shape index (κ1) is 19.6. The van der Waals surface area contributed by atoms with E-state index in [9.17, 15) is 9.59 Å². The number of imidazole rings is 1. The molecule has 154 valence electrons. The molecule has 3 aromatic carbocycles. The van der Waals surface area contributed by atoms with E-state index in [-0.39, 0.29) is 6.54 Å². The molecule has 6 nitrogen and oxygen atoms in total. The van der Waals surface area contributed by atoms with Gasteiger partial charge in [-0.05, 0) is 47.5 Å². The molecule has 0 unspecified atom stereocenters. The van der Waals surface area contributed by atoms with Crippen LogP contribution in [0.1, 0.15) is 11.1 Å². The zero-order chi connectivity index (χ0) is 21.5. The van der Waals surface area contributed by atoms with E-state index in [1.807, 2.05) is 65.2 Å². The van der Waals surface area contributed by atoms with Gasteiger partial charge in [0.05, 0.1) is 24.1 Å². The minimum absolute atomic E-state index is 0.171. The third-order valence-electron chi connectivity index (χ3n) is 5.19. The van der Waals surface area contributed by atoms with Crippen molar-refractivity contribution >= 4 is 40.0 Å². The third kappa shape index (κ3) is 3.54. The van der Waals surface area contributed by atoms with Gasteiger partial charge in [-0.3, -0.25) is 9.59 Å². The van der Waals surface area contributed by atoms with Crippen LogP contribution in [-0.2, 0) is 13.1 Å². The molecular formula is C23H16Cl2N4O2. The molecule has 0 saturated carbocycles. The van der Waals surface area contributed by atoms with Gasteiger partial charge in [0.15, 0.2) is 0 Å². The second kappa shape index (κ2) is 7.72. The summed E-state index contributed by atoms with van der Waals surface area (Å²) < 4.78 is 4.52. The number of fused-ring (bicyclic) bond motifs is 3. The molecule has 0 fully saturated rings. The number of halogens is 2. The lowest BCUT2D eigenvalue weighted by molar-refractivity contribution is 0.614. The van der Waals surface area contributed by atoms with Crippen LogP contribution in [0.2, 0.25) is 10.0 Å². The maximum atomic E-state index is 13.1. The van der Waals surface area contributed by atoms with Crippen molar-refractivity contribution < 1.29 is 0 Å². The molecule has 0 bridgehead atoms. The van der Waals surface area contributed by atoms with Gasteiger partial charge >= 0.3 is 11.1 Å². The van der Waals surface area contributed by atoms with Crippen molar-refractivity contribution in [3.05, 3.63) is 115 Å². The van der Waals surface area contributed by atoms with Crippen molar-refractivity contribution in [2.45, 2.75) is 13.1 Å². The number of hydrogen-bond donors (Lipinski definition) is 0. The summed E-state index contributed by atoms with van der Waals surface area (Å²) in [7, 11) is 0. The molecule has 8 heteroatoms. The Morgan fingerprint density at radius 3 is 1.84 bits per heavy atom. The molecule has 0 atom stereocenters. The maximum absolute atomic E-state index is 13.1. The second-order valence-corrected chi connectivity index (χ2v) is 8.10. The van der Waals surface area contributed by atoms with Crippen molar-refractivity contribution in [3.8, 4) is 0 Å². The summed E-state index contributed by atoms with van der Waals surface area (Å²) in [6, 6.07) is 22.0. The lowest BCUT2D eigenvalue weighted by Crippen LogP contribution is -2.40. The first-order valence-corrected chi connectivity index (χ1v) is 10.4. The molecule has 0 amide bonds. The molecular weight excluding hydrogens is 435 g/mol. The summed E-state index contributed by atoms with van der Waals surface area (Å²) in [4.78, 5) is 25.9. The molecule has 5 rings (SSSR count). The lowest BCUT2D eigenvalue weighted by atomic mass is 10.2. The molecule has 0 radical (unpaired) electrons. The van der Waals surface area contributed by atoms with Crippen molar-refractivity contribution in [1.29, 1.82) is 0 Å². The van der Waals surface area contributed by atoms with Gasteiger partial charge in [-0.2, -0.15) is 0 Å². The van der Waals surface area contributed by atoms with E-state index < -0.39 is 11.1 Å². The van der Waals surface area contributed by atoms with Crippen molar-refractivity contribution in [2.75, 3.05) is 0 Å². The molecule has 0 aliphatic heterocycles. The predicted octanol–water partition coefficient (Wildman–Crippen LogP) is 4.21. The Labute approximate surface area is 186 Å². The van der Waals surface area contributed by atoms with E-state index in [2.05, 4.69) is 5.10 Å². The molecule has 2 aromatic heterocycles. The maximum Gasteiger partial charge on any atom is 0.333 e. The fraction of sp³-hybridized carbons (Fsp3) is 0.0870. The molecule has 5 aromatic rings. The van der Waals surface area contributed by atoms with E-state index in [0.29, 0.717) is 27.9 Å². The van der Waals surface area contributed by atoms with Crippen LogP contribution >= 0.6 is 23.2 Å². The Morgan fingerprint density at radius 1 is 0.677 bits per heavy atom. The van der Waals surface area contributed by atoms with Crippen molar-refractivity contribution in [3.63, 3.8) is 0 Å². The van der Waals surface area contributed by atoms with Crippen LogP contribution < -0.4 is 11.1 Å². The Bertz CT molecular complexity index is 1530. The van der Waals surface area contributed by atoms with Gasteiger partial charge in [-0.25, -0.2) is 9.08 Å². The van der Waals surface area contributed by atoms with Gasteiger partial charge in [0.25, 0.3) is 0 Å². The monoisotopic (exact) mass is 450 g/mol. The molecule has 0 aliphatic carbocycles. The normalized spacial score (nSPS) is 11.4. The molecule has 2 heterocycles. The SMILES string of the molecule is O=c1c(=O)n2c3ccccc3n(Cc3ccc(Cl)cc3)c2nn1Cc1ccc(Cl)cc1. The van der Waals surface area contributed by atoms with Gasteiger partial charge in [0, 0.05) is 10.0 Å². The summed E-state index contributed by atoms with van der Waals surface area (Å²) in [6.07, 6.45) is 0. The fourth-order valence-electron chi connectivity index (χ4n) is 3.67. The van der Waals surface area contributed by atoms with Crippen LogP contribution in [0, 0.1) is 0 Å². The third-order valence-corrected chi connectivity index (χ3v) is 5.69. The summed E-state index contributed by atoms with van der Waals surface area (Å²) in [5.74, 6) is 0.398. The van der Waals surface area contributed by atoms with Crippen LogP contribution in [0.15, 0.2) is 82.4 Å². The number of rotatable bonds is 4. The van der Waals surface area contributed by atoms with E-state index >= 15 is 0 Å². The molecule has 0 N–H and O–H groups in total. The van der Waals surface area contributed by atoms with Gasteiger partial charge in [0.2, 0.25) is 5.78 Å². The number of nitrogens with zero attached hydrogens (tertiary/aromatic N) is 4. The predicted molar refractivity (Wildman–Crippen MR) is 122 cm³/mol. The standard InChI is InChI=1S/C23H16Cl2N4O2/c24-17-9-5-15(6-10-17)13-27-19-3-1-2-4-20(19)29-22(31)21(30)28(26-23(27)29)14-16-7-11-18(25)12-8-16/h1-12H,13-14H2. The average molecular weight is 451 g/mol. The molecule has 0 spiro atoms. The Morgan fingerprint density at radius 2 is 1.23 bits per heavy atom. The highest BCUT2D eigenvalue weighted by Gasteiger charge is 2.17. The van der Waals surface area contributed by atoms with Crippen LogP contribution in [0.4, 0.5) is 0 Å². The largest absolute Gasteiger partial charge is 0.333 e. The topological polar surface area (TPSA) is 61.3 Å². The van der Waals surface area contributed by atoms with Crippen LogP contribution in [0.5, 0.6) is 0 Å². The van der Waals surface area contributed by atoms with Gasteiger partial charge < -0.3 is 4.57 Å². The first-order valence-electron chi connectivity index (χ1n) is 9.61. The van der Waals surface area contributed by atoms with Crippen LogP contribution in [0.25, 0.3) is 16.8 Å². The van der Waals surface area contributed by atoms with Gasteiger partial charge in [-0.15, -0.1) is 5.10 Å². The number of benzene rings is 3. The quantitative estimate of drug-likeness (QED) is 0.385. The zero-order valence-corrected chi connectivity index (χ0v) is 17.7. The highest BCUT2D eigenvalue weighted by Crippen LogP contribution is 2.20. The Kier molecular flexibility index (Phi) is 4.88. The van der Waals surface area contributed by atoms with Crippen LogP contribution in [-0.4, -0.2) is 18.7 Å². The number of para-hydroxylation sites is 2. The summed E-state index contributed by atoms with van der Waals surface area (Å²) >= 11 is 12.0. The van der Waals surface area contributed by atoms with Crippen molar-refractivity contribution in [2.24, 2.45) is 0 Å². The van der Waals surface area contributed by atoms with Crippen molar-refractivity contribution in [1.82, 2.24) is 18.7 Å². The zero-order valence-electron chi connectivity index (χ0n) is 16.2. The Hall–Kier alpha value is -3.35. The van der Waals surface area contributed by atoms with Gasteiger partial charge in [0.1, 0.15) is 0 Å².